The fourth-order valence-corrected chi connectivity index (χ4v) is 5.81. The Morgan fingerprint density at radius 3 is 2.33 bits per heavy atom. The van der Waals surface area contributed by atoms with Gasteiger partial charge in [-0.25, -0.2) is 0 Å². The molecule has 1 saturated heterocycles. The molecule has 6 nitrogen and oxygen atoms in total. The zero-order valence-corrected chi connectivity index (χ0v) is 26.6. The monoisotopic (exact) mass is 602 g/mol. The Morgan fingerprint density at radius 1 is 1.05 bits per heavy atom. The maximum atomic E-state index is 12.8. The Balaban J connectivity index is 1.70. The molecule has 1 unspecified atom stereocenters. The highest BCUT2D eigenvalue weighted by molar-refractivity contribution is 6.30. The largest absolute Gasteiger partial charge is 0.485 e. The lowest BCUT2D eigenvalue weighted by atomic mass is 9.90. The van der Waals surface area contributed by atoms with E-state index in [4.69, 9.17) is 30.8 Å². The quantitative estimate of drug-likeness (QED) is 0.145. The van der Waals surface area contributed by atoms with Crippen LogP contribution in [0, 0.1) is 13.8 Å². The van der Waals surface area contributed by atoms with Crippen molar-refractivity contribution >= 4 is 23.3 Å². The lowest BCUT2D eigenvalue weighted by Gasteiger charge is -2.41. The molecule has 0 spiro atoms. The number of hydrogen-bond donors (Lipinski definition) is 0. The Morgan fingerprint density at radius 2 is 1.72 bits per heavy atom. The van der Waals surface area contributed by atoms with E-state index in [9.17, 15) is 4.79 Å². The molecule has 43 heavy (non-hydrogen) atoms. The first-order valence-corrected chi connectivity index (χ1v) is 15.3. The van der Waals surface area contributed by atoms with Crippen molar-refractivity contribution in [2.24, 2.45) is 0 Å². The number of piperidine rings is 1. The summed E-state index contributed by atoms with van der Waals surface area (Å²) >= 11 is 6.10. The number of anilines is 1. The smallest absolute Gasteiger partial charge is 0.310 e. The zero-order chi connectivity index (χ0) is 31.0. The predicted molar refractivity (Wildman–Crippen MR) is 175 cm³/mol. The molecule has 4 rings (SSSR count). The number of aromatic nitrogens is 1. The van der Waals surface area contributed by atoms with Gasteiger partial charge in [-0.05, 0) is 75.9 Å². The second-order valence-electron chi connectivity index (χ2n) is 11.2. The maximum absolute atomic E-state index is 12.8. The fraction of sp³-hybridized carbons (Fsp3) is 0.389. The number of esters is 1. The number of pyridine rings is 1. The highest BCUT2D eigenvalue weighted by atomic mass is 35.5. The summed E-state index contributed by atoms with van der Waals surface area (Å²) in [6.45, 7) is 18.2. The molecule has 0 aliphatic carbocycles. The third kappa shape index (κ3) is 8.07. The minimum atomic E-state index is -0.251. The van der Waals surface area contributed by atoms with Gasteiger partial charge in [0, 0.05) is 47.0 Å². The van der Waals surface area contributed by atoms with Crippen LogP contribution in [0.2, 0.25) is 5.02 Å². The number of hydrogen-bond acceptors (Lipinski definition) is 6. The second kappa shape index (κ2) is 14.7. The van der Waals surface area contributed by atoms with Crippen molar-refractivity contribution in [3.8, 4) is 16.9 Å². The number of carbonyl (C=O) groups is 1. The van der Waals surface area contributed by atoms with Crippen LogP contribution in [0.3, 0.4) is 0 Å². The number of benzene rings is 2. The second-order valence-corrected chi connectivity index (χ2v) is 11.6. The Hall–Kier alpha value is -3.61. The predicted octanol–water partition coefficient (Wildman–Crippen LogP) is 8.38. The van der Waals surface area contributed by atoms with Crippen molar-refractivity contribution in [2.45, 2.75) is 65.1 Å². The van der Waals surface area contributed by atoms with Gasteiger partial charge in [0.2, 0.25) is 0 Å². The van der Waals surface area contributed by atoms with Crippen molar-refractivity contribution in [1.29, 1.82) is 0 Å². The summed E-state index contributed by atoms with van der Waals surface area (Å²) in [6.07, 6.45) is 6.03. The molecule has 0 N–H and O–H groups in total. The first-order chi connectivity index (χ1) is 20.7. The van der Waals surface area contributed by atoms with Gasteiger partial charge in [-0.15, -0.1) is 13.2 Å². The molecule has 3 aromatic rings. The van der Waals surface area contributed by atoms with Crippen LogP contribution in [0.4, 0.5) is 5.69 Å². The van der Waals surface area contributed by atoms with Gasteiger partial charge in [-0.1, -0.05) is 48.0 Å². The van der Waals surface area contributed by atoms with Gasteiger partial charge in [0.25, 0.3) is 0 Å². The summed E-state index contributed by atoms with van der Waals surface area (Å²) in [7, 11) is 0. The van der Waals surface area contributed by atoms with Crippen LogP contribution in [0.1, 0.15) is 61.7 Å². The highest BCUT2D eigenvalue weighted by Crippen LogP contribution is 2.41. The third-order valence-corrected chi connectivity index (χ3v) is 8.27. The molecule has 1 atom stereocenters. The van der Waals surface area contributed by atoms with Crippen molar-refractivity contribution in [1.82, 2.24) is 4.98 Å². The number of halogens is 1. The van der Waals surface area contributed by atoms with Crippen LogP contribution in [0.15, 0.2) is 73.8 Å². The van der Waals surface area contributed by atoms with Gasteiger partial charge >= 0.3 is 5.97 Å². The Kier molecular flexibility index (Phi) is 11.1. The van der Waals surface area contributed by atoms with Crippen LogP contribution in [-0.4, -0.2) is 42.9 Å². The topological polar surface area (TPSA) is 60.9 Å². The van der Waals surface area contributed by atoms with Gasteiger partial charge < -0.3 is 19.1 Å². The van der Waals surface area contributed by atoms with Gasteiger partial charge in [-0.2, -0.15) is 0 Å². The number of nitrogens with zero attached hydrogens (tertiary/aromatic N) is 2. The third-order valence-electron chi connectivity index (χ3n) is 8.01. The molecule has 228 valence electrons. The Bertz CT molecular complexity index is 1410. The minimum absolute atomic E-state index is 0.168. The average Bonchev–Trinajstić information content (AvgIpc) is 2.99. The normalized spacial score (nSPS) is 15.0. The molecule has 1 aliphatic heterocycles. The molecule has 0 radical (unpaired) electrons. The fourth-order valence-electron chi connectivity index (χ4n) is 5.68. The van der Waals surface area contributed by atoms with Crippen molar-refractivity contribution in [3.05, 3.63) is 101 Å². The Labute approximate surface area is 261 Å². The lowest BCUT2D eigenvalue weighted by Crippen LogP contribution is -2.45. The van der Waals surface area contributed by atoms with Crippen molar-refractivity contribution < 1.29 is 19.0 Å². The van der Waals surface area contributed by atoms with E-state index < -0.39 is 0 Å². The van der Waals surface area contributed by atoms with Gasteiger partial charge in [0.1, 0.15) is 11.9 Å². The van der Waals surface area contributed by atoms with E-state index in [1.165, 1.54) is 0 Å². The number of carbonyl (C=O) groups excluding carboxylic acids is 1. The maximum Gasteiger partial charge on any atom is 0.310 e. The number of rotatable bonds is 13. The van der Waals surface area contributed by atoms with Gasteiger partial charge in [-0.3, -0.25) is 9.78 Å². The summed E-state index contributed by atoms with van der Waals surface area (Å²) in [5, 5.41) is 0.688. The number of aryl methyl sites for hydroxylation is 2. The SMILES string of the molecule is C=CCOC1(C)CCN(c2c(CC(=O)OCC)c(C)nc(C)c2-c2ccc(OC(CC=C)c3ccc(Cl)cc3)cc2)CC1. The standard InChI is InChI=1S/C36H43ClN2O4/c1-7-10-32(27-11-15-29(37)16-12-27)43-30-17-13-28(14-18-30)34-26(5)38-25(4)31(24-33(40)41-9-3)35(34)39-21-19-36(6,20-22-39)42-23-8-2/h7-8,11-18,32H,1-2,9-10,19-24H2,3-6H3. The molecule has 2 aromatic carbocycles. The van der Waals surface area contributed by atoms with E-state index in [1.807, 2.05) is 63.2 Å². The van der Waals surface area contributed by atoms with Crippen LogP contribution >= 0.6 is 11.6 Å². The summed E-state index contributed by atoms with van der Waals surface area (Å²) in [4.78, 5) is 20.1. The summed E-state index contributed by atoms with van der Waals surface area (Å²) in [5.41, 5.74) is 6.56. The molecule has 2 heterocycles. The van der Waals surface area contributed by atoms with Gasteiger partial charge in [0.15, 0.2) is 0 Å². The minimum Gasteiger partial charge on any atom is -0.485 e. The summed E-state index contributed by atoms with van der Waals surface area (Å²) in [6, 6.07) is 15.8. The van der Waals surface area contributed by atoms with Crippen molar-refractivity contribution in [2.75, 3.05) is 31.2 Å². The molecule has 1 fully saturated rings. The molecule has 0 bridgehead atoms. The van der Waals surface area contributed by atoms with E-state index in [2.05, 4.69) is 37.1 Å². The van der Waals surface area contributed by atoms with Crippen LogP contribution < -0.4 is 9.64 Å². The lowest BCUT2D eigenvalue weighted by molar-refractivity contribution is -0.142. The van der Waals surface area contributed by atoms with Crippen LogP contribution in [0.25, 0.3) is 11.1 Å². The van der Waals surface area contributed by atoms with E-state index in [1.54, 1.807) is 6.08 Å². The van der Waals surface area contributed by atoms with Crippen LogP contribution in [-0.2, 0) is 20.7 Å². The first-order valence-electron chi connectivity index (χ1n) is 15.0. The molecule has 0 amide bonds. The molecular weight excluding hydrogens is 560 g/mol. The molecule has 1 aromatic heterocycles. The van der Waals surface area contributed by atoms with Gasteiger partial charge in [0.05, 0.1) is 30.9 Å². The number of ether oxygens (including phenoxy) is 3. The summed E-state index contributed by atoms with van der Waals surface area (Å²) < 4.78 is 17.9. The zero-order valence-electron chi connectivity index (χ0n) is 25.8. The van der Waals surface area contributed by atoms with E-state index in [-0.39, 0.29) is 24.1 Å². The molecule has 0 saturated carbocycles. The highest BCUT2D eigenvalue weighted by Gasteiger charge is 2.33. The van der Waals surface area contributed by atoms with Crippen LogP contribution in [0.5, 0.6) is 5.75 Å². The molecule has 1 aliphatic rings. The molecule has 7 heteroatoms. The first kappa shape index (κ1) is 32.3. The average molecular weight is 603 g/mol. The van der Waals surface area contributed by atoms with Crippen molar-refractivity contribution in [3.63, 3.8) is 0 Å². The van der Waals surface area contributed by atoms with E-state index in [0.29, 0.717) is 24.7 Å². The van der Waals surface area contributed by atoms with E-state index in [0.717, 1.165) is 71.0 Å². The van der Waals surface area contributed by atoms with E-state index >= 15 is 0 Å². The summed E-state index contributed by atoms with van der Waals surface area (Å²) in [5.74, 6) is 0.503. The molecular formula is C36H43ClN2O4.